The third kappa shape index (κ3) is 4.45. The second-order valence-electron chi connectivity index (χ2n) is 6.04. The number of nitrogens with zero attached hydrogens (tertiary/aromatic N) is 1. The fourth-order valence-corrected chi connectivity index (χ4v) is 6.59. The van der Waals surface area contributed by atoms with Crippen molar-refractivity contribution in [3.63, 3.8) is 0 Å². The van der Waals surface area contributed by atoms with Crippen LogP contribution >= 0.6 is 0 Å². The summed E-state index contributed by atoms with van der Waals surface area (Å²) in [7, 11) is -4.20. The number of hydrogen-bond donors (Lipinski definition) is 0. The Balaban J connectivity index is 2.44. The zero-order chi connectivity index (χ0) is 18.7. The van der Waals surface area contributed by atoms with Crippen LogP contribution in [-0.4, -0.2) is 59.5 Å². The highest BCUT2D eigenvalue weighted by molar-refractivity contribution is 7.92. The first kappa shape index (κ1) is 20.0. The van der Waals surface area contributed by atoms with E-state index in [2.05, 4.69) is 0 Å². The van der Waals surface area contributed by atoms with E-state index in [4.69, 9.17) is 9.47 Å². The molecule has 1 fully saturated rings. The lowest BCUT2D eigenvalue weighted by molar-refractivity contribution is 0.331. The number of sulfone groups is 1. The molecule has 1 heterocycles. The predicted octanol–water partition coefficient (Wildman–Crippen LogP) is 1.68. The third-order valence-corrected chi connectivity index (χ3v) is 8.05. The van der Waals surface area contributed by atoms with Crippen LogP contribution in [0.15, 0.2) is 23.1 Å². The van der Waals surface area contributed by atoms with Gasteiger partial charge in [-0.1, -0.05) is 13.3 Å². The summed E-state index contributed by atoms with van der Waals surface area (Å²) in [5, 5.41) is 0. The highest BCUT2D eigenvalue weighted by atomic mass is 32.2. The number of ether oxygens (including phenoxy) is 2. The van der Waals surface area contributed by atoms with Gasteiger partial charge in [0, 0.05) is 18.7 Å². The van der Waals surface area contributed by atoms with Gasteiger partial charge in [-0.3, -0.25) is 0 Å². The molecule has 0 N–H and O–H groups in total. The van der Waals surface area contributed by atoms with Crippen LogP contribution in [0, 0.1) is 0 Å². The van der Waals surface area contributed by atoms with Gasteiger partial charge in [-0.15, -0.1) is 0 Å². The zero-order valence-electron chi connectivity index (χ0n) is 14.8. The molecule has 0 unspecified atom stereocenters. The molecule has 1 aromatic rings. The largest absolute Gasteiger partial charge is 0.497 e. The van der Waals surface area contributed by atoms with Crippen molar-refractivity contribution in [3.05, 3.63) is 18.2 Å². The van der Waals surface area contributed by atoms with Crippen molar-refractivity contribution in [1.29, 1.82) is 0 Å². The maximum atomic E-state index is 13.2. The lowest BCUT2D eigenvalue weighted by Gasteiger charge is -2.28. The molecule has 142 valence electrons. The van der Waals surface area contributed by atoms with Crippen LogP contribution in [0.25, 0.3) is 0 Å². The Morgan fingerprint density at radius 2 is 1.96 bits per heavy atom. The molecule has 0 spiro atoms. The first-order chi connectivity index (χ1) is 11.7. The van der Waals surface area contributed by atoms with E-state index in [9.17, 15) is 16.8 Å². The van der Waals surface area contributed by atoms with Gasteiger partial charge in [-0.05, 0) is 25.0 Å². The van der Waals surface area contributed by atoms with Crippen molar-refractivity contribution < 1.29 is 26.3 Å². The normalized spacial score (nSPS) is 19.9. The van der Waals surface area contributed by atoms with Gasteiger partial charge >= 0.3 is 0 Å². The van der Waals surface area contributed by atoms with Gasteiger partial charge in [-0.2, -0.15) is 4.31 Å². The van der Waals surface area contributed by atoms with Crippen molar-refractivity contribution in [1.82, 2.24) is 4.31 Å². The third-order valence-electron chi connectivity index (χ3n) is 4.31. The fraction of sp³-hybridized carbons (Fsp3) is 0.625. The van der Waals surface area contributed by atoms with Gasteiger partial charge in [-0.25, -0.2) is 16.8 Å². The summed E-state index contributed by atoms with van der Waals surface area (Å²) in [6, 6.07) is 3.97. The van der Waals surface area contributed by atoms with Gasteiger partial charge in [0.15, 0.2) is 9.84 Å². The summed E-state index contributed by atoms with van der Waals surface area (Å²) in [6.45, 7) is 2.25. The average Bonchev–Trinajstić information content (AvgIpc) is 2.93. The van der Waals surface area contributed by atoms with E-state index < -0.39 is 25.9 Å². The highest BCUT2D eigenvalue weighted by Gasteiger charge is 2.39. The molecule has 0 saturated carbocycles. The van der Waals surface area contributed by atoms with Crippen molar-refractivity contribution in [2.24, 2.45) is 0 Å². The molecule has 1 saturated heterocycles. The molecule has 0 aliphatic carbocycles. The highest BCUT2D eigenvalue weighted by Crippen LogP contribution is 2.33. The van der Waals surface area contributed by atoms with Gasteiger partial charge in [0.1, 0.15) is 16.4 Å². The van der Waals surface area contributed by atoms with Crippen molar-refractivity contribution in [3.8, 4) is 11.5 Å². The van der Waals surface area contributed by atoms with E-state index in [1.165, 1.54) is 30.7 Å². The maximum absolute atomic E-state index is 13.2. The topological polar surface area (TPSA) is 90.0 Å². The standard InChI is InChI=1S/C16H25NO6S2/c1-4-5-9-17(13-8-10-24(18,19)12-13)25(20,21)16-7-6-14(22-2)11-15(16)23-3/h6-7,11,13H,4-5,8-10,12H2,1-3H3/t13-/m0/s1. The molecule has 0 amide bonds. The van der Waals surface area contributed by atoms with E-state index in [0.29, 0.717) is 18.6 Å². The van der Waals surface area contributed by atoms with Crippen LogP contribution in [0.3, 0.4) is 0 Å². The van der Waals surface area contributed by atoms with Crippen LogP contribution in [0.5, 0.6) is 11.5 Å². The molecule has 7 nitrogen and oxygen atoms in total. The van der Waals surface area contributed by atoms with Gasteiger partial charge in [0.25, 0.3) is 0 Å². The van der Waals surface area contributed by atoms with Crippen LogP contribution < -0.4 is 9.47 Å². The molecule has 1 aliphatic heterocycles. The first-order valence-corrected chi connectivity index (χ1v) is 11.5. The Bertz CT molecular complexity index is 804. The quantitative estimate of drug-likeness (QED) is 0.670. The number of methoxy groups -OCH3 is 2. The summed E-state index contributed by atoms with van der Waals surface area (Å²) in [4.78, 5) is 0.0243. The summed E-state index contributed by atoms with van der Waals surface area (Å²) < 4.78 is 61.8. The molecule has 1 atom stereocenters. The molecule has 2 rings (SSSR count). The predicted molar refractivity (Wildman–Crippen MR) is 95.4 cm³/mol. The summed E-state index contributed by atoms with van der Waals surface area (Å²) in [5.41, 5.74) is 0. The number of hydrogen-bond acceptors (Lipinski definition) is 6. The van der Waals surface area contributed by atoms with Crippen molar-refractivity contribution in [2.45, 2.75) is 37.1 Å². The minimum Gasteiger partial charge on any atom is -0.497 e. The zero-order valence-corrected chi connectivity index (χ0v) is 16.4. The molecule has 25 heavy (non-hydrogen) atoms. The molecule has 0 radical (unpaired) electrons. The van der Waals surface area contributed by atoms with E-state index in [-0.39, 0.29) is 28.7 Å². The number of benzene rings is 1. The van der Waals surface area contributed by atoms with Crippen LogP contribution in [-0.2, 0) is 19.9 Å². The lowest BCUT2D eigenvalue weighted by atomic mass is 10.2. The average molecular weight is 392 g/mol. The second-order valence-corrected chi connectivity index (χ2v) is 10.1. The van der Waals surface area contributed by atoms with E-state index in [0.717, 1.165) is 6.42 Å². The Hall–Kier alpha value is -1.32. The van der Waals surface area contributed by atoms with Gasteiger partial charge in [0.2, 0.25) is 10.0 Å². The Morgan fingerprint density at radius 1 is 1.24 bits per heavy atom. The second kappa shape index (κ2) is 7.92. The summed E-state index contributed by atoms with van der Waals surface area (Å²) in [5.74, 6) is 0.560. The van der Waals surface area contributed by atoms with Crippen LogP contribution in [0.4, 0.5) is 0 Å². The van der Waals surface area contributed by atoms with E-state index >= 15 is 0 Å². The van der Waals surface area contributed by atoms with Crippen molar-refractivity contribution >= 4 is 19.9 Å². The molecule has 1 aliphatic rings. The molecule has 9 heteroatoms. The molecule has 0 bridgehead atoms. The maximum Gasteiger partial charge on any atom is 0.247 e. The summed E-state index contributed by atoms with van der Waals surface area (Å²) >= 11 is 0. The Morgan fingerprint density at radius 3 is 2.48 bits per heavy atom. The summed E-state index contributed by atoms with van der Waals surface area (Å²) in [6.07, 6.45) is 1.79. The lowest BCUT2D eigenvalue weighted by Crippen LogP contribution is -2.41. The Labute approximate surface area is 149 Å². The molecular weight excluding hydrogens is 366 g/mol. The number of unbranched alkanes of at least 4 members (excludes halogenated alkanes) is 1. The molecular formula is C16H25NO6S2. The molecule has 1 aromatic carbocycles. The first-order valence-electron chi connectivity index (χ1n) is 8.19. The molecule has 0 aromatic heterocycles. The minimum absolute atomic E-state index is 0.0234. The fourth-order valence-electron chi connectivity index (χ4n) is 2.93. The van der Waals surface area contributed by atoms with Crippen LogP contribution in [0.2, 0.25) is 0 Å². The van der Waals surface area contributed by atoms with E-state index in [1.54, 1.807) is 6.07 Å². The minimum atomic E-state index is -3.89. The van der Waals surface area contributed by atoms with E-state index in [1.807, 2.05) is 6.92 Å². The monoisotopic (exact) mass is 391 g/mol. The van der Waals surface area contributed by atoms with Gasteiger partial charge in [0.05, 0.1) is 25.7 Å². The van der Waals surface area contributed by atoms with Gasteiger partial charge < -0.3 is 9.47 Å². The Kier molecular flexibility index (Phi) is 6.34. The number of sulfonamides is 1. The SMILES string of the molecule is CCCCN([C@H]1CCS(=O)(=O)C1)S(=O)(=O)c1ccc(OC)cc1OC. The smallest absolute Gasteiger partial charge is 0.247 e. The van der Waals surface area contributed by atoms with Crippen molar-refractivity contribution in [2.75, 3.05) is 32.3 Å². The number of rotatable bonds is 8. The van der Waals surface area contributed by atoms with Crippen LogP contribution in [0.1, 0.15) is 26.2 Å².